The van der Waals surface area contributed by atoms with Crippen molar-refractivity contribution in [3.05, 3.63) is 53.1 Å². The van der Waals surface area contributed by atoms with E-state index in [1.165, 1.54) is 20.3 Å². The summed E-state index contributed by atoms with van der Waals surface area (Å²) < 4.78 is 10.3. The molecule has 0 aliphatic rings. The molecule has 0 spiro atoms. The number of rotatable bonds is 5. The number of benzene rings is 2. The molecule has 0 aromatic heterocycles. The van der Waals surface area contributed by atoms with Crippen LogP contribution in [0.4, 0.5) is 5.69 Å². The van der Waals surface area contributed by atoms with Gasteiger partial charge in [-0.2, -0.15) is 0 Å². The number of ether oxygens (including phenoxy) is 2. The lowest BCUT2D eigenvalue weighted by atomic mass is 10.1. The van der Waals surface area contributed by atoms with Gasteiger partial charge in [-0.05, 0) is 42.9 Å². The Morgan fingerprint density at radius 2 is 1.69 bits per heavy atom. The Morgan fingerprint density at radius 3 is 2.23 bits per heavy atom. The molecule has 0 aliphatic heterocycles. The second-order valence-corrected chi connectivity index (χ2v) is 5.68. The summed E-state index contributed by atoms with van der Waals surface area (Å²) in [5, 5.41) is 16.4. The summed E-state index contributed by atoms with van der Waals surface area (Å²) in [5.41, 5.74) is 1.25. The van der Waals surface area contributed by atoms with Gasteiger partial charge in [0.25, 0.3) is 5.91 Å². The lowest BCUT2D eigenvalue weighted by Crippen LogP contribution is -2.34. The molecular weight excluding hydrogens is 356 g/mol. The second kappa shape index (κ2) is 8.30. The van der Waals surface area contributed by atoms with Crippen molar-refractivity contribution in [2.45, 2.75) is 6.92 Å². The largest absolute Gasteiger partial charge is 0.545 e. The van der Waals surface area contributed by atoms with Crippen molar-refractivity contribution >= 4 is 34.9 Å². The molecule has 0 heterocycles. The van der Waals surface area contributed by atoms with Crippen LogP contribution in [0, 0.1) is 6.92 Å². The number of hydrogen-bond acceptors (Lipinski definition) is 6. The van der Waals surface area contributed by atoms with E-state index in [0.717, 1.165) is 0 Å². The summed E-state index contributed by atoms with van der Waals surface area (Å²) in [7, 11) is 2.96. The molecule has 0 saturated carbocycles. The summed E-state index contributed by atoms with van der Waals surface area (Å²) >= 11 is 5.13. The molecule has 0 atom stereocenters. The van der Waals surface area contributed by atoms with Crippen molar-refractivity contribution < 1.29 is 24.2 Å². The molecule has 0 saturated heterocycles. The van der Waals surface area contributed by atoms with Crippen molar-refractivity contribution in [2.75, 3.05) is 19.5 Å². The van der Waals surface area contributed by atoms with Crippen LogP contribution in [0.3, 0.4) is 0 Å². The molecule has 0 radical (unpaired) electrons. The van der Waals surface area contributed by atoms with Crippen LogP contribution < -0.4 is 25.2 Å². The minimum absolute atomic E-state index is 0.0235. The number of aromatic carboxylic acids is 1. The van der Waals surface area contributed by atoms with Crippen molar-refractivity contribution in [3.63, 3.8) is 0 Å². The second-order valence-electron chi connectivity index (χ2n) is 5.28. The number of hydrogen-bond donors (Lipinski definition) is 2. The standard InChI is InChI=1S/C18H18N2O5S/c1-10-14(17(22)23)5-4-6-15(10)19-18(26)20-16(21)11-7-12(24-2)9-13(8-11)25-3/h4-9H,1-3H3,(H,22,23)(H2,19,20,21,26)/p-1. The van der Waals surface area contributed by atoms with Gasteiger partial charge in [0, 0.05) is 22.9 Å². The molecule has 0 aliphatic carbocycles. The van der Waals surface area contributed by atoms with E-state index in [9.17, 15) is 14.7 Å². The van der Waals surface area contributed by atoms with Gasteiger partial charge in [0.15, 0.2) is 5.11 Å². The average molecular weight is 373 g/mol. The third kappa shape index (κ3) is 4.48. The molecule has 2 rings (SSSR count). The zero-order chi connectivity index (χ0) is 19.3. The van der Waals surface area contributed by atoms with Gasteiger partial charge in [0.05, 0.1) is 20.2 Å². The Hall–Kier alpha value is -3.13. The van der Waals surface area contributed by atoms with Crippen LogP contribution in [-0.2, 0) is 0 Å². The predicted octanol–water partition coefficient (Wildman–Crippen LogP) is 1.50. The lowest BCUT2D eigenvalue weighted by molar-refractivity contribution is -0.255. The van der Waals surface area contributed by atoms with Crippen LogP contribution in [0.5, 0.6) is 11.5 Å². The Bertz CT molecular complexity index is 844. The van der Waals surface area contributed by atoms with Crippen LogP contribution in [0.25, 0.3) is 0 Å². The van der Waals surface area contributed by atoms with E-state index in [-0.39, 0.29) is 10.7 Å². The first-order valence-corrected chi connectivity index (χ1v) is 7.93. The van der Waals surface area contributed by atoms with E-state index in [0.29, 0.717) is 28.3 Å². The van der Waals surface area contributed by atoms with E-state index < -0.39 is 11.9 Å². The first-order chi connectivity index (χ1) is 12.3. The summed E-state index contributed by atoms with van der Waals surface area (Å²) in [6.07, 6.45) is 0. The van der Waals surface area contributed by atoms with Crippen LogP contribution >= 0.6 is 12.2 Å². The van der Waals surface area contributed by atoms with Crippen LogP contribution in [-0.4, -0.2) is 31.2 Å². The number of amides is 1. The van der Waals surface area contributed by atoms with E-state index in [1.54, 1.807) is 37.3 Å². The first kappa shape index (κ1) is 19.2. The van der Waals surface area contributed by atoms with Crippen LogP contribution in [0.1, 0.15) is 26.3 Å². The fourth-order valence-corrected chi connectivity index (χ4v) is 2.46. The number of carbonyl (C=O) groups excluding carboxylic acids is 2. The molecular formula is C18H17N2O5S-. The van der Waals surface area contributed by atoms with Gasteiger partial charge >= 0.3 is 0 Å². The number of nitrogens with one attached hydrogen (secondary N) is 2. The molecule has 0 fully saturated rings. The van der Waals surface area contributed by atoms with Gasteiger partial charge in [-0.25, -0.2) is 0 Å². The van der Waals surface area contributed by atoms with Crippen LogP contribution in [0.2, 0.25) is 0 Å². The molecule has 2 aromatic rings. The zero-order valence-corrected chi connectivity index (χ0v) is 15.2. The molecule has 1 amide bonds. The van der Waals surface area contributed by atoms with E-state index in [2.05, 4.69) is 10.6 Å². The monoisotopic (exact) mass is 373 g/mol. The van der Waals surface area contributed by atoms with Gasteiger partial charge in [-0.3, -0.25) is 10.1 Å². The Kier molecular flexibility index (Phi) is 6.13. The molecule has 0 bridgehead atoms. The number of anilines is 1. The topological polar surface area (TPSA) is 99.7 Å². The molecule has 2 aromatic carbocycles. The lowest BCUT2D eigenvalue weighted by Gasteiger charge is -2.15. The molecule has 8 heteroatoms. The maximum absolute atomic E-state index is 12.4. The van der Waals surface area contributed by atoms with Crippen molar-refractivity contribution in [2.24, 2.45) is 0 Å². The normalized spacial score (nSPS) is 9.96. The van der Waals surface area contributed by atoms with Gasteiger partial charge in [0.2, 0.25) is 0 Å². The fraction of sp³-hybridized carbons (Fsp3) is 0.167. The van der Waals surface area contributed by atoms with Gasteiger partial charge in [0.1, 0.15) is 11.5 Å². The highest BCUT2D eigenvalue weighted by atomic mass is 32.1. The fourth-order valence-electron chi connectivity index (χ4n) is 2.26. The highest BCUT2D eigenvalue weighted by Crippen LogP contribution is 2.22. The maximum atomic E-state index is 12.4. The van der Waals surface area contributed by atoms with Crippen molar-refractivity contribution in [1.82, 2.24) is 5.32 Å². The van der Waals surface area contributed by atoms with Crippen LogP contribution in [0.15, 0.2) is 36.4 Å². The molecule has 2 N–H and O–H groups in total. The molecule has 7 nitrogen and oxygen atoms in total. The summed E-state index contributed by atoms with van der Waals surface area (Å²) in [4.78, 5) is 23.5. The summed E-state index contributed by atoms with van der Waals surface area (Å²) in [6.45, 7) is 1.62. The first-order valence-electron chi connectivity index (χ1n) is 7.52. The Labute approximate surface area is 155 Å². The van der Waals surface area contributed by atoms with Gasteiger partial charge in [-0.15, -0.1) is 0 Å². The van der Waals surface area contributed by atoms with E-state index in [1.807, 2.05) is 0 Å². The highest BCUT2D eigenvalue weighted by molar-refractivity contribution is 7.80. The smallest absolute Gasteiger partial charge is 0.257 e. The number of methoxy groups -OCH3 is 2. The number of carboxylic acid groups (broad SMARTS) is 1. The zero-order valence-electron chi connectivity index (χ0n) is 14.4. The number of carbonyl (C=O) groups is 2. The van der Waals surface area contributed by atoms with Gasteiger partial charge in [-0.1, -0.05) is 12.1 Å². The third-order valence-corrected chi connectivity index (χ3v) is 3.85. The van der Waals surface area contributed by atoms with Crippen molar-refractivity contribution in [1.29, 1.82) is 0 Å². The van der Waals surface area contributed by atoms with Crippen molar-refractivity contribution in [3.8, 4) is 11.5 Å². The minimum Gasteiger partial charge on any atom is -0.545 e. The Balaban J connectivity index is 2.14. The average Bonchev–Trinajstić information content (AvgIpc) is 2.62. The maximum Gasteiger partial charge on any atom is 0.257 e. The quantitative estimate of drug-likeness (QED) is 0.766. The minimum atomic E-state index is -1.29. The molecule has 26 heavy (non-hydrogen) atoms. The molecule has 0 unspecified atom stereocenters. The predicted molar refractivity (Wildman–Crippen MR) is 98.7 cm³/mol. The summed E-state index contributed by atoms with van der Waals surface area (Å²) in [6, 6.07) is 9.36. The van der Waals surface area contributed by atoms with E-state index >= 15 is 0 Å². The third-order valence-electron chi connectivity index (χ3n) is 3.64. The number of thiocarbonyl (C=S) groups is 1. The Morgan fingerprint density at radius 1 is 1.08 bits per heavy atom. The number of carboxylic acids is 1. The molecule has 136 valence electrons. The van der Waals surface area contributed by atoms with E-state index in [4.69, 9.17) is 21.7 Å². The summed E-state index contributed by atoms with van der Waals surface area (Å²) in [5.74, 6) is -0.824. The van der Waals surface area contributed by atoms with Gasteiger partial charge < -0.3 is 24.7 Å². The SMILES string of the molecule is COc1cc(OC)cc(C(=O)NC(=S)Nc2cccc(C(=O)[O-])c2C)c1. The highest BCUT2D eigenvalue weighted by Gasteiger charge is 2.13.